The van der Waals surface area contributed by atoms with E-state index in [0.29, 0.717) is 21.2 Å². The number of pyridine rings is 1. The Morgan fingerprint density at radius 1 is 0.941 bits per heavy atom. The quantitative estimate of drug-likeness (QED) is 0.409. The standard InChI is InChI=1S/C28H25N3O3/c1-28(2,3)20-12-14-21(15-13-20)30-23-10-6-4-8-18(23)16-22-25(30)29-27(34)31(26(22)33)24-11-7-5-9-19(24)17-32/h4-16,32H,17H2,1-3H3/i16D,17D2. The van der Waals surface area contributed by atoms with Crippen LogP contribution in [0.15, 0.2) is 88.4 Å². The summed E-state index contributed by atoms with van der Waals surface area (Å²) in [5.74, 6) is 0.0305. The first kappa shape index (κ1) is 18.4. The molecule has 0 unspecified atom stereocenters. The molecule has 0 aliphatic carbocycles. The van der Waals surface area contributed by atoms with Gasteiger partial charge in [0.2, 0.25) is 0 Å². The highest BCUT2D eigenvalue weighted by Gasteiger charge is 2.22. The molecule has 0 bridgehead atoms. The molecule has 6 nitrogen and oxygen atoms in total. The van der Waals surface area contributed by atoms with E-state index in [1.807, 2.05) is 30.3 Å². The van der Waals surface area contributed by atoms with Crippen molar-refractivity contribution in [2.75, 3.05) is 0 Å². The molecule has 5 rings (SSSR count). The summed E-state index contributed by atoms with van der Waals surface area (Å²) in [4.78, 5) is 31.4. The van der Waals surface area contributed by atoms with Crippen molar-refractivity contribution in [3.63, 3.8) is 0 Å². The Kier molecular flexibility index (Phi) is 4.37. The lowest BCUT2D eigenvalue weighted by Gasteiger charge is -2.22. The molecule has 2 aliphatic heterocycles. The van der Waals surface area contributed by atoms with Crippen LogP contribution in [0.4, 0.5) is 0 Å². The van der Waals surface area contributed by atoms with Gasteiger partial charge in [0.15, 0.2) is 5.82 Å². The average Bonchev–Trinajstić information content (AvgIpc) is 2.83. The van der Waals surface area contributed by atoms with E-state index in [-0.39, 0.29) is 34.1 Å². The lowest BCUT2D eigenvalue weighted by Crippen LogP contribution is -2.37. The highest BCUT2D eigenvalue weighted by Crippen LogP contribution is 2.30. The van der Waals surface area contributed by atoms with E-state index in [4.69, 9.17) is 4.11 Å². The summed E-state index contributed by atoms with van der Waals surface area (Å²) in [6.07, 6.45) is 0. The van der Waals surface area contributed by atoms with Gasteiger partial charge in [0, 0.05) is 11.3 Å². The number of hydrogen-bond donors (Lipinski definition) is 1. The van der Waals surface area contributed by atoms with Crippen molar-refractivity contribution in [2.45, 2.75) is 32.7 Å². The minimum atomic E-state index is -2.81. The second-order valence-corrected chi connectivity index (χ2v) is 9.14. The van der Waals surface area contributed by atoms with Crippen LogP contribution in [-0.4, -0.2) is 19.2 Å². The third kappa shape index (κ3) is 3.53. The molecule has 0 aromatic heterocycles. The SMILES string of the molecule is [2H]c1c2c(=O)n(-c3ccccc3C([2H])([2H])O)c(=O)nc-2n(-c2ccc(C(C)(C)C)cc2)c2ccccc12. The molecule has 0 radical (unpaired) electrons. The van der Waals surface area contributed by atoms with Gasteiger partial charge >= 0.3 is 5.69 Å². The molecule has 3 aromatic rings. The van der Waals surface area contributed by atoms with Gasteiger partial charge in [-0.2, -0.15) is 4.98 Å². The van der Waals surface area contributed by atoms with Crippen LogP contribution >= 0.6 is 0 Å². The van der Waals surface area contributed by atoms with E-state index in [0.717, 1.165) is 5.56 Å². The van der Waals surface area contributed by atoms with E-state index in [9.17, 15) is 14.7 Å². The predicted octanol–water partition coefficient (Wildman–Crippen LogP) is 4.43. The summed E-state index contributed by atoms with van der Waals surface area (Å²) in [6.45, 7) is 3.51. The van der Waals surface area contributed by atoms with Crippen molar-refractivity contribution in [1.82, 2.24) is 14.1 Å². The monoisotopic (exact) mass is 454 g/mol. The highest BCUT2D eigenvalue weighted by molar-refractivity contribution is 5.87. The van der Waals surface area contributed by atoms with Gasteiger partial charge in [-0.1, -0.05) is 69.3 Å². The zero-order valence-electron chi connectivity index (χ0n) is 22.0. The van der Waals surface area contributed by atoms with Crippen molar-refractivity contribution in [1.29, 1.82) is 0 Å². The van der Waals surface area contributed by atoms with Crippen LogP contribution in [0.25, 0.3) is 33.7 Å². The Morgan fingerprint density at radius 3 is 2.32 bits per heavy atom. The van der Waals surface area contributed by atoms with Gasteiger partial charge < -0.3 is 5.11 Å². The summed E-state index contributed by atoms with van der Waals surface area (Å²) in [5.41, 5.74) is 0.0824. The van der Waals surface area contributed by atoms with Gasteiger partial charge in [0.25, 0.3) is 5.56 Å². The molecule has 0 amide bonds. The molecule has 34 heavy (non-hydrogen) atoms. The molecule has 6 heteroatoms. The molecular weight excluding hydrogens is 426 g/mol. The lowest BCUT2D eigenvalue weighted by molar-refractivity contribution is 0.281. The number of benzene rings is 3. The van der Waals surface area contributed by atoms with Crippen molar-refractivity contribution in [3.8, 4) is 22.8 Å². The van der Waals surface area contributed by atoms with Gasteiger partial charge in [-0.05, 0) is 46.7 Å². The maximum absolute atomic E-state index is 13.8. The molecule has 2 heterocycles. The number of para-hydroxylation sites is 2. The van der Waals surface area contributed by atoms with Crippen LogP contribution in [0.5, 0.6) is 0 Å². The first-order valence-corrected chi connectivity index (χ1v) is 10.9. The van der Waals surface area contributed by atoms with Crippen LogP contribution in [0.2, 0.25) is 0 Å². The second kappa shape index (κ2) is 8.08. The number of nitrogens with zero attached hydrogens (tertiary/aromatic N) is 3. The molecule has 0 atom stereocenters. The van der Waals surface area contributed by atoms with Gasteiger partial charge in [-0.15, -0.1) is 0 Å². The third-order valence-corrected chi connectivity index (χ3v) is 5.91. The van der Waals surface area contributed by atoms with Gasteiger partial charge in [-0.3, -0.25) is 9.36 Å². The molecule has 0 spiro atoms. The van der Waals surface area contributed by atoms with E-state index in [2.05, 4.69) is 25.8 Å². The third-order valence-electron chi connectivity index (χ3n) is 5.91. The molecule has 2 aliphatic rings. The number of rotatable bonds is 3. The van der Waals surface area contributed by atoms with Crippen molar-refractivity contribution < 1.29 is 9.22 Å². The van der Waals surface area contributed by atoms with E-state index in [1.54, 1.807) is 22.8 Å². The molecule has 170 valence electrons. The van der Waals surface area contributed by atoms with E-state index >= 15 is 0 Å². The van der Waals surface area contributed by atoms with Crippen LogP contribution in [0.3, 0.4) is 0 Å². The Labute approximate surface area is 200 Å². The molecule has 1 N–H and O–H groups in total. The number of fused-ring (bicyclic) bond motifs is 2. The van der Waals surface area contributed by atoms with Crippen molar-refractivity contribution in [3.05, 3.63) is 111 Å². The Hall–Kier alpha value is -4.03. The summed E-state index contributed by atoms with van der Waals surface area (Å²) >= 11 is 0. The highest BCUT2D eigenvalue weighted by atomic mass is 16.3. The van der Waals surface area contributed by atoms with Crippen LogP contribution in [0.1, 0.15) is 36.0 Å². The summed E-state index contributed by atoms with van der Waals surface area (Å²) < 4.78 is 26.8. The predicted molar refractivity (Wildman–Crippen MR) is 134 cm³/mol. The summed E-state index contributed by atoms with van der Waals surface area (Å²) in [7, 11) is 0. The Bertz CT molecular complexity index is 1740. The smallest absolute Gasteiger partial charge is 0.357 e. The summed E-state index contributed by atoms with van der Waals surface area (Å²) in [6, 6.07) is 20.5. The second-order valence-electron chi connectivity index (χ2n) is 9.14. The number of aromatic nitrogens is 3. The zero-order valence-corrected chi connectivity index (χ0v) is 19.0. The first-order valence-electron chi connectivity index (χ1n) is 12.4. The van der Waals surface area contributed by atoms with Crippen LogP contribution in [0, 0.1) is 0 Å². The minimum Gasteiger partial charge on any atom is -0.392 e. The molecule has 0 saturated heterocycles. The molecule has 3 aromatic carbocycles. The fourth-order valence-corrected chi connectivity index (χ4v) is 4.13. The minimum absolute atomic E-state index is 0.0305. The fraction of sp³-hybridized carbons (Fsp3) is 0.179. The van der Waals surface area contributed by atoms with Crippen LogP contribution in [-0.2, 0) is 12.0 Å². The van der Waals surface area contributed by atoms with E-state index < -0.39 is 17.8 Å². The Balaban J connectivity index is 1.91. The number of aliphatic hydroxyl groups is 1. The van der Waals surface area contributed by atoms with Gasteiger partial charge in [-0.25, -0.2) is 9.36 Å². The fourth-order valence-electron chi connectivity index (χ4n) is 4.13. The number of hydrogen-bond acceptors (Lipinski definition) is 4. The van der Waals surface area contributed by atoms with Gasteiger partial charge in [0.05, 0.1) is 27.4 Å². The first-order chi connectivity index (χ1) is 17.4. The van der Waals surface area contributed by atoms with Crippen LogP contribution < -0.4 is 11.2 Å². The summed E-state index contributed by atoms with van der Waals surface area (Å²) in [5, 5.41) is 10.5. The Morgan fingerprint density at radius 2 is 1.62 bits per heavy atom. The lowest BCUT2D eigenvalue weighted by atomic mass is 9.87. The van der Waals surface area contributed by atoms with Gasteiger partial charge in [0.1, 0.15) is 0 Å². The van der Waals surface area contributed by atoms with Crippen molar-refractivity contribution in [2.24, 2.45) is 0 Å². The topological polar surface area (TPSA) is 77.1 Å². The maximum Gasteiger partial charge on any atom is 0.357 e. The van der Waals surface area contributed by atoms with E-state index in [1.165, 1.54) is 24.3 Å². The van der Waals surface area contributed by atoms with Crippen molar-refractivity contribution >= 4 is 10.9 Å². The normalized spacial score (nSPS) is 13.6. The average molecular weight is 455 g/mol. The maximum atomic E-state index is 13.8. The molecule has 0 fully saturated rings. The molecular formula is C28H25N3O3. The largest absolute Gasteiger partial charge is 0.392 e. The molecule has 0 saturated carbocycles. The zero-order chi connectivity index (χ0) is 26.7.